The van der Waals surface area contributed by atoms with Crippen molar-refractivity contribution in [2.75, 3.05) is 52.1 Å². The fourth-order valence-electron chi connectivity index (χ4n) is 4.38. The number of benzene rings is 1. The van der Waals surface area contributed by atoms with Crippen LogP contribution < -0.4 is 10.6 Å². The predicted molar refractivity (Wildman–Crippen MR) is 126 cm³/mol. The van der Waals surface area contributed by atoms with Gasteiger partial charge in [0, 0.05) is 51.0 Å². The van der Waals surface area contributed by atoms with Crippen molar-refractivity contribution in [3.8, 4) is 0 Å². The Morgan fingerprint density at radius 2 is 1.75 bits per heavy atom. The van der Waals surface area contributed by atoms with E-state index >= 15 is 0 Å². The molecule has 176 valence electrons. The molecule has 1 aromatic carbocycles. The largest absolute Gasteiger partial charge is 0.373 e. The van der Waals surface area contributed by atoms with Crippen LogP contribution in [-0.2, 0) is 9.59 Å². The second-order valence-corrected chi connectivity index (χ2v) is 9.92. The lowest BCUT2D eigenvalue weighted by Gasteiger charge is -2.36. The van der Waals surface area contributed by atoms with Crippen LogP contribution in [0.2, 0.25) is 0 Å². The molecule has 8 heteroatoms. The maximum atomic E-state index is 13.5. The summed E-state index contributed by atoms with van der Waals surface area (Å²) in [6.07, 6.45) is 1.49. The molecular formula is C24H37N5O3. The van der Waals surface area contributed by atoms with Crippen molar-refractivity contribution in [2.45, 2.75) is 45.7 Å². The van der Waals surface area contributed by atoms with E-state index in [9.17, 15) is 14.4 Å². The van der Waals surface area contributed by atoms with Crippen LogP contribution in [0, 0.1) is 5.41 Å². The van der Waals surface area contributed by atoms with E-state index in [-0.39, 0.29) is 23.1 Å². The fourth-order valence-corrected chi connectivity index (χ4v) is 4.38. The Kier molecular flexibility index (Phi) is 7.44. The highest BCUT2D eigenvalue weighted by atomic mass is 16.2. The molecule has 2 fully saturated rings. The van der Waals surface area contributed by atoms with Crippen molar-refractivity contribution >= 4 is 23.4 Å². The first-order chi connectivity index (χ1) is 15.1. The van der Waals surface area contributed by atoms with Gasteiger partial charge in [-0.05, 0) is 43.5 Å². The summed E-state index contributed by atoms with van der Waals surface area (Å²) < 4.78 is 0. The van der Waals surface area contributed by atoms with Crippen molar-refractivity contribution in [1.29, 1.82) is 0 Å². The first-order valence-electron chi connectivity index (χ1n) is 11.5. The average molecular weight is 444 g/mol. The maximum Gasteiger partial charge on any atom is 0.254 e. The van der Waals surface area contributed by atoms with Gasteiger partial charge in [-0.25, -0.2) is 0 Å². The summed E-state index contributed by atoms with van der Waals surface area (Å²) in [4.78, 5) is 44.6. The summed E-state index contributed by atoms with van der Waals surface area (Å²) in [6.45, 7) is 9.76. The number of nitrogens with zero attached hydrogens (tertiary/aromatic N) is 3. The molecule has 2 heterocycles. The standard InChI is InChI=1S/C24H37N5O3/c1-24(2,3)20(23(32)29-11-7-10-19(29)21(30)25-4)26-18-9-6-8-17(16-18)22(31)28-14-12-27(5)13-15-28/h6,8-9,16,19-20,26H,7,10-15H2,1-5H3,(H,25,30)/t19?,20-/m1/s1. The Bertz CT molecular complexity index is 842. The van der Waals surface area contributed by atoms with E-state index in [4.69, 9.17) is 0 Å². The van der Waals surface area contributed by atoms with Crippen LogP contribution in [0.15, 0.2) is 24.3 Å². The van der Waals surface area contributed by atoms with E-state index in [1.807, 2.05) is 49.9 Å². The van der Waals surface area contributed by atoms with Crippen molar-refractivity contribution < 1.29 is 14.4 Å². The lowest BCUT2D eigenvalue weighted by Crippen LogP contribution is -2.53. The number of nitrogens with one attached hydrogen (secondary N) is 2. The second-order valence-electron chi connectivity index (χ2n) is 9.92. The molecule has 32 heavy (non-hydrogen) atoms. The van der Waals surface area contributed by atoms with Crippen LogP contribution in [0.1, 0.15) is 44.0 Å². The molecule has 2 aliphatic heterocycles. The van der Waals surface area contributed by atoms with Crippen LogP contribution in [-0.4, -0.2) is 91.3 Å². The zero-order valence-corrected chi connectivity index (χ0v) is 20.0. The number of piperazine rings is 1. The van der Waals surface area contributed by atoms with Gasteiger partial charge in [-0.3, -0.25) is 14.4 Å². The molecule has 0 saturated carbocycles. The summed E-state index contributed by atoms with van der Waals surface area (Å²) in [5, 5.41) is 6.05. The van der Waals surface area contributed by atoms with Crippen molar-refractivity contribution in [1.82, 2.24) is 20.0 Å². The lowest BCUT2D eigenvalue weighted by atomic mass is 9.85. The molecular weight excluding hydrogens is 406 g/mol. The highest BCUT2D eigenvalue weighted by molar-refractivity contribution is 5.96. The summed E-state index contributed by atoms with van der Waals surface area (Å²) in [5.74, 6) is -0.192. The van der Waals surface area contributed by atoms with Gasteiger partial charge in [-0.1, -0.05) is 26.8 Å². The van der Waals surface area contributed by atoms with Crippen molar-refractivity contribution in [2.24, 2.45) is 5.41 Å². The fraction of sp³-hybridized carbons (Fsp3) is 0.625. The van der Waals surface area contributed by atoms with E-state index in [1.165, 1.54) is 0 Å². The number of hydrogen-bond donors (Lipinski definition) is 2. The molecule has 2 aliphatic rings. The van der Waals surface area contributed by atoms with Crippen molar-refractivity contribution in [3.05, 3.63) is 29.8 Å². The van der Waals surface area contributed by atoms with Crippen LogP contribution >= 0.6 is 0 Å². The minimum absolute atomic E-state index is 0.0135. The summed E-state index contributed by atoms with van der Waals surface area (Å²) in [7, 11) is 3.66. The molecule has 1 unspecified atom stereocenters. The van der Waals surface area contributed by atoms with Crippen molar-refractivity contribution in [3.63, 3.8) is 0 Å². The summed E-state index contributed by atoms with van der Waals surface area (Å²) >= 11 is 0. The van der Waals surface area contributed by atoms with Crippen LogP contribution in [0.4, 0.5) is 5.69 Å². The molecule has 8 nitrogen and oxygen atoms in total. The van der Waals surface area contributed by atoms with Gasteiger partial charge in [0.05, 0.1) is 0 Å². The molecule has 1 aromatic rings. The number of likely N-dealkylation sites (tertiary alicyclic amines) is 1. The van der Waals surface area contributed by atoms with Crippen LogP contribution in [0.3, 0.4) is 0 Å². The molecule has 0 aliphatic carbocycles. The van der Waals surface area contributed by atoms with Gasteiger partial charge >= 0.3 is 0 Å². The maximum absolute atomic E-state index is 13.5. The van der Waals surface area contributed by atoms with Gasteiger partial charge in [0.15, 0.2) is 0 Å². The minimum atomic E-state index is -0.526. The third kappa shape index (κ3) is 5.41. The van der Waals surface area contributed by atoms with E-state index < -0.39 is 12.1 Å². The van der Waals surface area contributed by atoms with Gasteiger partial charge in [0.2, 0.25) is 11.8 Å². The van der Waals surface area contributed by atoms with Gasteiger partial charge < -0.3 is 25.3 Å². The number of carbonyl (C=O) groups excluding carboxylic acids is 3. The number of likely N-dealkylation sites (N-methyl/N-ethyl adjacent to an activating group) is 2. The van der Waals surface area contributed by atoms with Crippen LogP contribution in [0.5, 0.6) is 0 Å². The topological polar surface area (TPSA) is 85.0 Å². The first-order valence-corrected chi connectivity index (χ1v) is 11.5. The second kappa shape index (κ2) is 9.90. The Balaban J connectivity index is 1.78. The molecule has 0 aromatic heterocycles. The van der Waals surface area contributed by atoms with E-state index in [2.05, 4.69) is 22.6 Å². The predicted octanol–water partition coefficient (Wildman–Crippen LogP) is 1.64. The average Bonchev–Trinajstić information content (AvgIpc) is 3.26. The first kappa shape index (κ1) is 24.0. The van der Waals surface area contributed by atoms with Gasteiger partial charge in [0.1, 0.15) is 12.1 Å². The molecule has 3 amide bonds. The minimum Gasteiger partial charge on any atom is -0.373 e. The highest BCUT2D eigenvalue weighted by Gasteiger charge is 2.41. The number of rotatable bonds is 5. The monoisotopic (exact) mass is 443 g/mol. The number of carbonyl (C=O) groups is 3. The number of amides is 3. The highest BCUT2D eigenvalue weighted by Crippen LogP contribution is 2.29. The van der Waals surface area contributed by atoms with E-state index in [1.54, 1.807) is 11.9 Å². The van der Waals surface area contributed by atoms with E-state index in [0.717, 1.165) is 25.2 Å². The molecule has 3 rings (SSSR count). The Morgan fingerprint density at radius 1 is 1.06 bits per heavy atom. The SMILES string of the molecule is CNC(=O)C1CCCN1C(=O)[C@@H](Nc1cccc(C(=O)N2CCN(C)CC2)c1)C(C)(C)C. The van der Waals surface area contributed by atoms with E-state index in [0.29, 0.717) is 31.6 Å². The van der Waals surface area contributed by atoms with Gasteiger partial charge in [-0.2, -0.15) is 0 Å². The summed E-state index contributed by atoms with van der Waals surface area (Å²) in [6, 6.07) is 6.42. The Morgan fingerprint density at radius 3 is 2.38 bits per heavy atom. The Hall–Kier alpha value is -2.61. The number of anilines is 1. The quantitative estimate of drug-likeness (QED) is 0.723. The molecule has 2 saturated heterocycles. The normalized spacial score (nSPS) is 20.7. The van der Waals surface area contributed by atoms with Gasteiger partial charge in [-0.15, -0.1) is 0 Å². The Labute approximate surface area is 191 Å². The summed E-state index contributed by atoms with van der Waals surface area (Å²) in [5.41, 5.74) is 0.961. The zero-order chi connectivity index (χ0) is 23.5. The molecule has 0 radical (unpaired) electrons. The smallest absolute Gasteiger partial charge is 0.254 e. The molecule has 0 bridgehead atoms. The van der Waals surface area contributed by atoms with Gasteiger partial charge in [0.25, 0.3) is 5.91 Å². The molecule has 2 atom stereocenters. The zero-order valence-electron chi connectivity index (χ0n) is 20.0. The third-order valence-corrected chi connectivity index (χ3v) is 6.41. The molecule has 2 N–H and O–H groups in total. The van der Waals surface area contributed by atoms with Crippen LogP contribution in [0.25, 0.3) is 0 Å². The molecule has 0 spiro atoms. The lowest BCUT2D eigenvalue weighted by molar-refractivity contribution is -0.140. The third-order valence-electron chi connectivity index (χ3n) is 6.41. The number of hydrogen-bond acceptors (Lipinski definition) is 5.